The fourth-order valence-electron chi connectivity index (χ4n) is 4.27. The van der Waals surface area contributed by atoms with E-state index in [-0.39, 0.29) is 6.04 Å². The lowest BCUT2D eigenvalue weighted by Crippen LogP contribution is -2.38. The number of allylic oxidation sites excluding steroid dienone is 1. The first-order chi connectivity index (χ1) is 13.2. The Morgan fingerprint density at radius 3 is 2.00 bits per heavy atom. The molecule has 27 heavy (non-hydrogen) atoms. The summed E-state index contributed by atoms with van der Waals surface area (Å²) in [6.07, 6.45) is 10.6. The maximum absolute atomic E-state index is 6.66. The molecule has 2 heteroatoms. The topological polar surface area (TPSA) is 35.2 Å². The van der Waals surface area contributed by atoms with Crippen LogP contribution < -0.4 is 5.73 Å². The lowest BCUT2D eigenvalue weighted by Gasteiger charge is -2.37. The molecule has 0 heterocycles. The van der Waals surface area contributed by atoms with Gasteiger partial charge in [-0.15, -0.1) is 0 Å². The van der Waals surface area contributed by atoms with E-state index in [1.807, 2.05) is 0 Å². The van der Waals surface area contributed by atoms with E-state index in [1.165, 1.54) is 43.2 Å². The molecule has 2 nitrogen and oxygen atoms in total. The molecule has 2 aromatic carbocycles. The summed E-state index contributed by atoms with van der Waals surface area (Å²) >= 11 is 0. The standard InChI is InChI=1S/C25H33NO/c1-2-27-25(22-14-8-4-9-15-22,23-16-10-5-11-17-23)20-24(26)19-18-21-12-6-3-7-13-21/h4-5,8-11,14-18,24H,2-3,6-7,12-13,19-20,26H2,1H3. The van der Waals surface area contributed by atoms with Gasteiger partial charge in [0.05, 0.1) is 0 Å². The normalized spacial score (nSPS) is 16.1. The number of nitrogens with two attached hydrogens (primary N) is 1. The Bertz CT molecular complexity index is 660. The average Bonchev–Trinajstić information content (AvgIpc) is 2.74. The van der Waals surface area contributed by atoms with Crippen molar-refractivity contribution in [3.63, 3.8) is 0 Å². The minimum Gasteiger partial charge on any atom is -0.366 e. The van der Waals surface area contributed by atoms with Crippen molar-refractivity contribution in [3.05, 3.63) is 83.4 Å². The molecule has 2 N–H and O–H groups in total. The third-order valence-electron chi connectivity index (χ3n) is 5.63. The Labute approximate surface area is 164 Å². The van der Waals surface area contributed by atoms with E-state index in [1.54, 1.807) is 5.57 Å². The summed E-state index contributed by atoms with van der Waals surface area (Å²) in [5, 5.41) is 0. The molecule has 0 aliphatic heterocycles. The Hall–Kier alpha value is -1.90. The molecule has 1 aliphatic carbocycles. The van der Waals surface area contributed by atoms with E-state index >= 15 is 0 Å². The number of rotatable bonds is 8. The Morgan fingerprint density at radius 1 is 0.926 bits per heavy atom. The van der Waals surface area contributed by atoms with Crippen molar-refractivity contribution in [1.82, 2.24) is 0 Å². The van der Waals surface area contributed by atoms with Crippen LogP contribution in [0.1, 0.15) is 63.0 Å². The second kappa shape index (κ2) is 9.87. The molecule has 1 fully saturated rings. The Morgan fingerprint density at radius 2 is 1.48 bits per heavy atom. The van der Waals surface area contributed by atoms with Crippen LogP contribution in [-0.2, 0) is 10.3 Å². The second-order valence-electron chi connectivity index (χ2n) is 7.62. The third kappa shape index (κ3) is 5.09. The van der Waals surface area contributed by atoms with Gasteiger partial charge in [-0.05, 0) is 50.2 Å². The first-order valence-electron chi connectivity index (χ1n) is 10.4. The molecule has 0 aromatic heterocycles. The minimum absolute atomic E-state index is 0.0615. The predicted molar refractivity (Wildman–Crippen MR) is 114 cm³/mol. The van der Waals surface area contributed by atoms with Crippen LogP contribution in [0.25, 0.3) is 0 Å². The van der Waals surface area contributed by atoms with E-state index in [4.69, 9.17) is 10.5 Å². The molecule has 0 spiro atoms. The fraction of sp³-hybridized carbons (Fsp3) is 0.440. The van der Waals surface area contributed by atoms with Gasteiger partial charge in [0.15, 0.2) is 0 Å². The summed E-state index contributed by atoms with van der Waals surface area (Å²) < 4.78 is 6.46. The fourth-order valence-corrected chi connectivity index (χ4v) is 4.27. The van der Waals surface area contributed by atoms with Gasteiger partial charge in [0.25, 0.3) is 0 Å². The maximum Gasteiger partial charge on any atom is 0.120 e. The zero-order valence-electron chi connectivity index (χ0n) is 16.6. The van der Waals surface area contributed by atoms with E-state index in [0.717, 1.165) is 12.8 Å². The summed E-state index contributed by atoms with van der Waals surface area (Å²) in [6.45, 7) is 2.72. The van der Waals surface area contributed by atoms with Gasteiger partial charge < -0.3 is 10.5 Å². The number of benzene rings is 2. The molecular formula is C25H33NO. The zero-order valence-corrected chi connectivity index (χ0v) is 16.6. The summed E-state index contributed by atoms with van der Waals surface area (Å²) in [4.78, 5) is 0. The van der Waals surface area contributed by atoms with Crippen LogP contribution in [0.15, 0.2) is 72.3 Å². The van der Waals surface area contributed by atoms with E-state index < -0.39 is 5.60 Å². The highest BCUT2D eigenvalue weighted by atomic mass is 16.5. The van der Waals surface area contributed by atoms with Crippen molar-refractivity contribution in [2.75, 3.05) is 6.61 Å². The van der Waals surface area contributed by atoms with Crippen molar-refractivity contribution in [2.24, 2.45) is 5.73 Å². The quantitative estimate of drug-likeness (QED) is 0.587. The summed E-state index contributed by atoms with van der Waals surface area (Å²) in [7, 11) is 0. The third-order valence-corrected chi connectivity index (χ3v) is 5.63. The van der Waals surface area contributed by atoms with E-state index in [0.29, 0.717) is 6.61 Å². The summed E-state index contributed by atoms with van der Waals surface area (Å²) in [5.41, 5.74) is 10.1. The van der Waals surface area contributed by atoms with Gasteiger partial charge in [0.1, 0.15) is 5.60 Å². The maximum atomic E-state index is 6.66. The van der Waals surface area contributed by atoms with Crippen LogP contribution in [0.2, 0.25) is 0 Å². The highest BCUT2D eigenvalue weighted by molar-refractivity contribution is 5.37. The average molecular weight is 364 g/mol. The molecule has 0 saturated heterocycles. The Kier molecular flexibility index (Phi) is 7.25. The lowest BCUT2D eigenvalue weighted by atomic mass is 9.80. The van der Waals surface area contributed by atoms with Crippen LogP contribution in [-0.4, -0.2) is 12.6 Å². The second-order valence-corrected chi connectivity index (χ2v) is 7.62. The minimum atomic E-state index is -0.498. The molecule has 1 saturated carbocycles. The van der Waals surface area contributed by atoms with Crippen molar-refractivity contribution in [2.45, 2.75) is 63.5 Å². The molecule has 2 aromatic rings. The molecule has 0 amide bonds. The van der Waals surface area contributed by atoms with E-state index in [2.05, 4.69) is 73.7 Å². The molecule has 3 rings (SSSR count). The van der Waals surface area contributed by atoms with Crippen molar-refractivity contribution in [1.29, 1.82) is 0 Å². The molecule has 1 atom stereocenters. The van der Waals surface area contributed by atoms with Gasteiger partial charge in [0.2, 0.25) is 0 Å². The van der Waals surface area contributed by atoms with Gasteiger partial charge in [-0.3, -0.25) is 0 Å². The first kappa shape index (κ1) is 19.9. The van der Waals surface area contributed by atoms with Crippen molar-refractivity contribution in [3.8, 4) is 0 Å². The Balaban J connectivity index is 1.87. The first-order valence-corrected chi connectivity index (χ1v) is 10.4. The van der Waals surface area contributed by atoms with Gasteiger partial charge in [-0.25, -0.2) is 0 Å². The van der Waals surface area contributed by atoms with Crippen LogP contribution in [0, 0.1) is 0 Å². The molecule has 1 aliphatic rings. The molecular weight excluding hydrogens is 330 g/mol. The van der Waals surface area contributed by atoms with Crippen LogP contribution >= 0.6 is 0 Å². The van der Waals surface area contributed by atoms with Crippen LogP contribution in [0.5, 0.6) is 0 Å². The largest absolute Gasteiger partial charge is 0.366 e. The van der Waals surface area contributed by atoms with E-state index in [9.17, 15) is 0 Å². The van der Waals surface area contributed by atoms with Gasteiger partial charge in [-0.1, -0.05) is 78.7 Å². The predicted octanol–water partition coefficient (Wildman–Crippen LogP) is 5.96. The van der Waals surface area contributed by atoms with Crippen LogP contribution in [0.4, 0.5) is 0 Å². The lowest BCUT2D eigenvalue weighted by molar-refractivity contribution is -0.0220. The highest BCUT2D eigenvalue weighted by Gasteiger charge is 2.36. The van der Waals surface area contributed by atoms with Gasteiger partial charge >= 0.3 is 0 Å². The summed E-state index contributed by atoms with van der Waals surface area (Å²) in [5.74, 6) is 0. The smallest absolute Gasteiger partial charge is 0.120 e. The zero-order chi connectivity index (χ0) is 19.0. The monoisotopic (exact) mass is 363 g/mol. The summed E-state index contributed by atoms with van der Waals surface area (Å²) in [6, 6.07) is 21.2. The molecule has 0 radical (unpaired) electrons. The molecule has 1 unspecified atom stereocenters. The molecule has 144 valence electrons. The highest BCUT2D eigenvalue weighted by Crippen LogP contribution is 2.38. The van der Waals surface area contributed by atoms with Crippen molar-refractivity contribution >= 4 is 0 Å². The van der Waals surface area contributed by atoms with Gasteiger partial charge in [0, 0.05) is 19.1 Å². The number of ether oxygens (including phenoxy) is 1. The molecule has 0 bridgehead atoms. The SMILES string of the molecule is CCOC(CC(N)CC=C1CCCCC1)(c1ccccc1)c1ccccc1. The van der Waals surface area contributed by atoms with Crippen molar-refractivity contribution < 1.29 is 4.74 Å². The van der Waals surface area contributed by atoms with Crippen LogP contribution in [0.3, 0.4) is 0 Å². The number of hydrogen-bond donors (Lipinski definition) is 1. The number of hydrogen-bond acceptors (Lipinski definition) is 2. The van der Waals surface area contributed by atoms with Gasteiger partial charge in [-0.2, -0.15) is 0 Å².